The molecule has 1 aromatic heterocycles. The van der Waals surface area contributed by atoms with Crippen LogP contribution in [0.1, 0.15) is 35.9 Å². The van der Waals surface area contributed by atoms with E-state index in [1.165, 1.54) is 11.6 Å². The molecule has 0 radical (unpaired) electrons. The van der Waals surface area contributed by atoms with E-state index < -0.39 is 23.2 Å². The van der Waals surface area contributed by atoms with Gasteiger partial charge in [-0.15, -0.1) is 11.3 Å². The van der Waals surface area contributed by atoms with Gasteiger partial charge in [0.1, 0.15) is 17.3 Å². The van der Waals surface area contributed by atoms with E-state index in [1.54, 1.807) is 11.3 Å². The minimum absolute atomic E-state index is 0.0793. The SMILES string of the molecule is CC(C)Cc1ccc([C@@H](NCC(=O)Nc2c(F)cccc2F)c2cccs2)cc1. The number of thiophene rings is 1. The van der Waals surface area contributed by atoms with Crippen LogP contribution in [0.4, 0.5) is 14.5 Å². The monoisotopic (exact) mass is 414 g/mol. The van der Waals surface area contributed by atoms with Crippen LogP contribution in [-0.4, -0.2) is 12.5 Å². The molecule has 2 aromatic carbocycles. The normalized spacial score (nSPS) is 12.2. The number of hydrogen-bond donors (Lipinski definition) is 2. The molecule has 0 saturated carbocycles. The van der Waals surface area contributed by atoms with Gasteiger partial charge in [0.2, 0.25) is 5.91 Å². The van der Waals surface area contributed by atoms with Crippen LogP contribution in [0.3, 0.4) is 0 Å². The van der Waals surface area contributed by atoms with Gasteiger partial charge in [0.25, 0.3) is 0 Å². The number of carbonyl (C=O) groups excluding carboxylic acids is 1. The second-order valence-electron chi connectivity index (χ2n) is 7.31. The van der Waals surface area contributed by atoms with Crippen LogP contribution in [0.15, 0.2) is 60.0 Å². The topological polar surface area (TPSA) is 41.1 Å². The molecule has 3 nitrogen and oxygen atoms in total. The number of anilines is 1. The van der Waals surface area contributed by atoms with Crippen molar-refractivity contribution in [3.05, 3.63) is 87.6 Å². The molecule has 1 heterocycles. The van der Waals surface area contributed by atoms with Crippen molar-refractivity contribution >= 4 is 22.9 Å². The first kappa shape index (κ1) is 21.1. The second-order valence-corrected chi connectivity index (χ2v) is 8.29. The molecule has 0 aliphatic rings. The molecule has 29 heavy (non-hydrogen) atoms. The zero-order valence-electron chi connectivity index (χ0n) is 16.4. The Hall–Kier alpha value is -2.57. The maximum Gasteiger partial charge on any atom is 0.238 e. The van der Waals surface area contributed by atoms with Gasteiger partial charge < -0.3 is 5.32 Å². The quantitative estimate of drug-likeness (QED) is 0.508. The number of nitrogens with one attached hydrogen (secondary N) is 2. The van der Waals surface area contributed by atoms with Crippen molar-refractivity contribution in [1.82, 2.24) is 5.32 Å². The molecule has 3 rings (SSSR count). The first-order valence-corrected chi connectivity index (χ1v) is 10.4. The largest absolute Gasteiger partial charge is 0.320 e. The number of amides is 1. The van der Waals surface area contributed by atoms with Crippen LogP contribution in [-0.2, 0) is 11.2 Å². The molecule has 0 saturated heterocycles. The third kappa shape index (κ3) is 5.71. The third-order valence-corrected chi connectivity index (χ3v) is 5.42. The lowest BCUT2D eigenvalue weighted by molar-refractivity contribution is -0.115. The lowest BCUT2D eigenvalue weighted by Crippen LogP contribution is -2.32. The van der Waals surface area contributed by atoms with Crippen molar-refractivity contribution in [1.29, 1.82) is 0 Å². The fraction of sp³-hybridized carbons (Fsp3) is 0.261. The van der Waals surface area contributed by atoms with Gasteiger partial charge >= 0.3 is 0 Å². The van der Waals surface area contributed by atoms with Gasteiger partial charge in [0.15, 0.2) is 0 Å². The Bertz CT molecular complexity index is 920. The Kier molecular flexibility index (Phi) is 7.12. The molecular weight excluding hydrogens is 390 g/mol. The molecule has 0 aliphatic carbocycles. The number of benzene rings is 2. The summed E-state index contributed by atoms with van der Waals surface area (Å²) in [5, 5.41) is 7.50. The molecule has 1 atom stereocenters. The summed E-state index contributed by atoms with van der Waals surface area (Å²) in [6, 6.07) is 15.6. The second kappa shape index (κ2) is 9.76. The molecule has 0 spiro atoms. The fourth-order valence-corrected chi connectivity index (χ4v) is 3.98. The first-order chi connectivity index (χ1) is 13.9. The van der Waals surface area contributed by atoms with E-state index in [2.05, 4.69) is 48.7 Å². The minimum Gasteiger partial charge on any atom is -0.320 e. The van der Waals surface area contributed by atoms with E-state index >= 15 is 0 Å². The molecule has 3 aromatic rings. The molecule has 1 amide bonds. The summed E-state index contributed by atoms with van der Waals surface area (Å²) in [5.74, 6) is -1.52. The maximum atomic E-state index is 13.8. The number of halogens is 2. The average molecular weight is 415 g/mol. The van der Waals surface area contributed by atoms with Gasteiger partial charge in [-0.3, -0.25) is 10.1 Å². The number of carbonyl (C=O) groups is 1. The molecular formula is C23H24F2N2OS. The van der Waals surface area contributed by atoms with E-state index in [9.17, 15) is 13.6 Å². The average Bonchev–Trinajstić information content (AvgIpc) is 3.20. The standard InChI is InChI=1S/C23H24F2N2OS/c1-15(2)13-16-8-10-17(11-9-16)22(20-7-4-12-29-20)26-14-21(28)27-23-18(24)5-3-6-19(23)25/h3-12,15,22,26H,13-14H2,1-2H3,(H,27,28)/t22-/m1/s1. The van der Waals surface area contributed by atoms with Gasteiger partial charge in [-0.25, -0.2) is 8.78 Å². The summed E-state index contributed by atoms with van der Waals surface area (Å²) >= 11 is 1.59. The van der Waals surface area contributed by atoms with E-state index in [4.69, 9.17) is 0 Å². The lowest BCUT2D eigenvalue weighted by Gasteiger charge is -2.19. The Labute approximate surface area is 173 Å². The zero-order chi connectivity index (χ0) is 20.8. The maximum absolute atomic E-state index is 13.8. The Balaban J connectivity index is 1.71. The number of rotatable bonds is 8. The minimum atomic E-state index is -0.797. The smallest absolute Gasteiger partial charge is 0.238 e. The van der Waals surface area contributed by atoms with Crippen molar-refractivity contribution < 1.29 is 13.6 Å². The van der Waals surface area contributed by atoms with Crippen LogP contribution in [0.5, 0.6) is 0 Å². The fourth-order valence-electron chi connectivity index (χ4n) is 3.15. The van der Waals surface area contributed by atoms with Gasteiger partial charge in [-0.2, -0.15) is 0 Å². The van der Waals surface area contributed by atoms with Crippen LogP contribution in [0.2, 0.25) is 0 Å². The molecule has 0 fully saturated rings. The van der Waals surface area contributed by atoms with Crippen LogP contribution in [0, 0.1) is 17.6 Å². The summed E-state index contributed by atoms with van der Waals surface area (Å²) < 4.78 is 27.5. The number of para-hydroxylation sites is 1. The van der Waals surface area contributed by atoms with Gasteiger partial charge in [-0.1, -0.05) is 50.2 Å². The summed E-state index contributed by atoms with van der Waals surface area (Å²) in [6.07, 6.45) is 1.01. The van der Waals surface area contributed by atoms with Gasteiger partial charge in [0.05, 0.1) is 12.6 Å². The van der Waals surface area contributed by atoms with Crippen molar-refractivity contribution in [2.24, 2.45) is 5.92 Å². The molecule has 2 N–H and O–H groups in total. The third-order valence-electron chi connectivity index (χ3n) is 4.48. The Morgan fingerprint density at radius 1 is 1.00 bits per heavy atom. The summed E-state index contributed by atoms with van der Waals surface area (Å²) in [5.41, 5.74) is 1.87. The van der Waals surface area contributed by atoms with Gasteiger partial charge in [-0.05, 0) is 47.0 Å². The van der Waals surface area contributed by atoms with E-state index in [0.29, 0.717) is 5.92 Å². The summed E-state index contributed by atoms with van der Waals surface area (Å²) in [6.45, 7) is 4.28. The van der Waals surface area contributed by atoms with Gasteiger partial charge in [0, 0.05) is 4.88 Å². The first-order valence-electron chi connectivity index (χ1n) is 9.53. The lowest BCUT2D eigenvalue weighted by atomic mass is 9.99. The predicted octanol–water partition coefficient (Wildman–Crippen LogP) is 5.54. The zero-order valence-corrected chi connectivity index (χ0v) is 17.2. The molecule has 0 bridgehead atoms. The Morgan fingerprint density at radius 3 is 2.28 bits per heavy atom. The molecule has 152 valence electrons. The highest BCUT2D eigenvalue weighted by molar-refractivity contribution is 7.10. The van der Waals surface area contributed by atoms with E-state index in [1.807, 2.05) is 17.5 Å². The highest BCUT2D eigenvalue weighted by Crippen LogP contribution is 2.27. The van der Waals surface area contributed by atoms with Crippen molar-refractivity contribution in [3.63, 3.8) is 0 Å². The van der Waals surface area contributed by atoms with Crippen molar-refractivity contribution in [3.8, 4) is 0 Å². The summed E-state index contributed by atoms with van der Waals surface area (Å²) in [7, 11) is 0. The molecule has 0 aliphatic heterocycles. The predicted molar refractivity (Wildman–Crippen MR) is 114 cm³/mol. The highest BCUT2D eigenvalue weighted by atomic mass is 32.1. The van der Waals surface area contributed by atoms with Crippen molar-refractivity contribution in [2.45, 2.75) is 26.3 Å². The van der Waals surface area contributed by atoms with Crippen LogP contribution < -0.4 is 10.6 Å². The summed E-state index contributed by atoms with van der Waals surface area (Å²) in [4.78, 5) is 13.4. The van der Waals surface area contributed by atoms with E-state index in [-0.39, 0.29) is 12.6 Å². The Morgan fingerprint density at radius 2 is 1.69 bits per heavy atom. The highest BCUT2D eigenvalue weighted by Gasteiger charge is 2.18. The van der Waals surface area contributed by atoms with Crippen LogP contribution >= 0.6 is 11.3 Å². The molecule has 0 unspecified atom stereocenters. The van der Waals surface area contributed by atoms with Crippen LogP contribution in [0.25, 0.3) is 0 Å². The van der Waals surface area contributed by atoms with E-state index in [0.717, 1.165) is 29.0 Å². The van der Waals surface area contributed by atoms with Crippen molar-refractivity contribution in [2.75, 3.05) is 11.9 Å². The number of hydrogen-bond acceptors (Lipinski definition) is 3. The molecule has 6 heteroatoms.